The molecule has 9 heteroatoms. The first kappa shape index (κ1) is 16.5. The molecule has 0 amide bonds. The summed E-state index contributed by atoms with van der Waals surface area (Å²) in [7, 11) is -2.77. The predicted molar refractivity (Wildman–Crippen MR) is 67.0 cm³/mol. The molecule has 0 bridgehead atoms. The molecule has 1 aromatic carbocycles. The van der Waals surface area contributed by atoms with Crippen molar-refractivity contribution in [3.63, 3.8) is 0 Å². The zero-order valence-corrected chi connectivity index (χ0v) is 11.5. The lowest BCUT2D eigenvalue weighted by Gasteiger charge is -2.16. The smallest absolute Gasteiger partial charge is 0.304 e. The normalized spacial score (nSPS) is 11.8. The summed E-state index contributed by atoms with van der Waals surface area (Å²) in [6, 6.07) is 2.70. The van der Waals surface area contributed by atoms with Crippen molar-refractivity contribution in [1.82, 2.24) is 9.03 Å². The minimum Gasteiger partial charge on any atom is -0.481 e. The van der Waals surface area contributed by atoms with Crippen LogP contribution in [-0.4, -0.2) is 37.4 Å². The lowest BCUT2D eigenvalue weighted by Crippen LogP contribution is -2.39. The molecule has 2 N–H and O–H groups in total. The fraction of sp³-hybridized carbons (Fsp3) is 0.364. The van der Waals surface area contributed by atoms with E-state index in [1.54, 1.807) is 0 Å². The molecule has 20 heavy (non-hydrogen) atoms. The molecule has 112 valence electrons. The van der Waals surface area contributed by atoms with Crippen molar-refractivity contribution in [3.8, 4) is 0 Å². The molecule has 0 aliphatic carbocycles. The Morgan fingerprint density at radius 2 is 2.05 bits per heavy atom. The Bertz CT molecular complexity index is 592. The lowest BCUT2D eigenvalue weighted by molar-refractivity contribution is -0.137. The number of benzene rings is 1. The summed E-state index contributed by atoms with van der Waals surface area (Å²) < 4.78 is 52.5. The van der Waals surface area contributed by atoms with Gasteiger partial charge in [0.1, 0.15) is 11.6 Å². The average molecular weight is 308 g/mol. The van der Waals surface area contributed by atoms with Crippen LogP contribution in [0.4, 0.5) is 8.78 Å². The molecule has 0 fully saturated rings. The number of halogens is 2. The summed E-state index contributed by atoms with van der Waals surface area (Å²) in [5.41, 5.74) is -0.139. The highest BCUT2D eigenvalue weighted by molar-refractivity contribution is 7.87. The van der Waals surface area contributed by atoms with Crippen LogP contribution in [0, 0.1) is 11.6 Å². The van der Waals surface area contributed by atoms with Crippen LogP contribution < -0.4 is 4.72 Å². The Morgan fingerprint density at radius 3 is 2.65 bits per heavy atom. The molecule has 6 nitrogen and oxygen atoms in total. The van der Waals surface area contributed by atoms with Crippen molar-refractivity contribution in [1.29, 1.82) is 0 Å². The molecule has 0 unspecified atom stereocenters. The average Bonchev–Trinajstić information content (AvgIpc) is 2.37. The molecule has 0 aliphatic heterocycles. The van der Waals surface area contributed by atoms with Crippen molar-refractivity contribution >= 4 is 16.2 Å². The van der Waals surface area contributed by atoms with Gasteiger partial charge in [-0.2, -0.15) is 17.4 Å². The number of carboxylic acids is 1. The summed E-state index contributed by atoms with van der Waals surface area (Å²) >= 11 is 0. The van der Waals surface area contributed by atoms with Crippen LogP contribution in [0.1, 0.15) is 12.0 Å². The molecule has 0 radical (unpaired) electrons. The van der Waals surface area contributed by atoms with E-state index in [1.165, 1.54) is 7.05 Å². The summed E-state index contributed by atoms with van der Waals surface area (Å²) in [5, 5.41) is 8.47. The number of carbonyl (C=O) groups is 1. The Hall–Kier alpha value is -1.58. The summed E-state index contributed by atoms with van der Waals surface area (Å²) in [6.45, 7) is -0.653. The summed E-state index contributed by atoms with van der Waals surface area (Å²) in [4.78, 5) is 10.4. The van der Waals surface area contributed by atoms with Gasteiger partial charge in [-0.05, 0) is 18.2 Å². The largest absolute Gasteiger partial charge is 0.481 e. The maximum absolute atomic E-state index is 13.3. The maximum Gasteiger partial charge on any atom is 0.304 e. The number of nitrogens with one attached hydrogen (secondary N) is 1. The molecule has 0 aliphatic rings. The van der Waals surface area contributed by atoms with E-state index in [0.717, 1.165) is 22.5 Å². The third kappa shape index (κ3) is 4.83. The second kappa shape index (κ2) is 6.73. The lowest BCUT2D eigenvalue weighted by atomic mass is 10.2. The van der Waals surface area contributed by atoms with E-state index < -0.39 is 34.4 Å². The number of hydrogen-bond acceptors (Lipinski definition) is 3. The zero-order valence-electron chi connectivity index (χ0n) is 10.6. The zero-order chi connectivity index (χ0) is 15.3. The van der Waals surface area contributed by atoms with Gasteiger partial charge in [-0.1, -0.05) is 0 Å². The van der Waals surface area contributed by atoms with Gasteiger partial charge in [0.25, 0.3) is 10.2 Å². The first-order valence-corrected chi connectivity index (χ1v) is 7.03. The molecule has 0 spiro atoms. The highest BCUT2D eigenvalue weighted by Crippen LogP contribution is 2.10. The molecule has 0 aromatic heterocycles. The van der Waals surface area contributed by atoms with Crippen molar-refractivity contribution < 1.29 is 27.1 Å². The standard InChI is InChI=1S/C11H14F2N2O4S/c1-15(5-4-11(16)17)20(18,19)14-7-8-6-9(12)2-3-10(8)13/h2-3,6,14H,4-5,7H2,1H3,(H,16,17). The topological polar surface area (TPSA) is 86.7 Å². The highest BCUT2D eigenvalue weighted by atomic mass is 32.2. The third-order valence-electron chi connectivity index (χ3n) is 2.50. The number of aliphatic carboxylic acids is 1. The van der Waals surface area contributed by atoms with E-state index in [2.05, 4.69) is 4.72 Å². The van der Waals surface area contributed by atoms with Gasteiger partial charge in [-0.15, -0.1) is 0 Å². The minimum absolute atomic E-state index is 0.139. The van der Waals surface area contributed by atoms with E-state index in [9.17, 15) is 22.0 Å². The maximum atomic E-state index is 13.3. The predicted octanol–water partition coefficient (Wildman–Crippen LogP) is 0.706. The van der Waals surface area contributed by atoms with Gasteiger partial charge in [-0.25, -0.2) is 8.78 Å². The fourth-order valence-corrected chi connectivity index (χ4v) is 2.22. The Morgan fingerprint density at radius 1 is 1.40 bits per heavy atom. The van der Waals surface area contributed by atoms with Gasteiger partial charge in [0.05, 0.1) is 6.42 Å². The van der Waals surface area contributed by atoms with Gasteiger partial charge in [0.15, 0.2) is 0 Å². The molecule has 0 saturated carbocycles. The van der Waals surface area contributed by atoms with E-state index in [1.807, 2.05) is 0 Å². The molecule has 0 heterocycles. The third-order valence-corrected chi connectivity index (χ3v) is 4.02. The number of nitrogens with zero attached hydrogens (tertiary/aromatic N) is 1. The fourth-order valence-electron chi connectivity index (χ4n) is 1.33. The minimum atomic E-state index is -3.95. The number of carboxylic acid groups (broad SMARTS) is 1. The van der Waals surface area contributed by atoms with E-state index in [-0.39, 0.29) is 18.5 Å². The van der Waals surface area contributed by atoms with E-state index >= 15 is 0 Å². The van der Waals surface area contributed by atoms with Crippen molar-refractivity contribution in [3.05, 3.63) is 35.4 Å². The molecule has 0 saturated heterocycles. The monoisotopic (exact) mass is 308 g/mol. The Kier molecular flexibility index (Phi) is 5.54. The second-order valence-corrected chi connectivity index (χ2v) is 5.89. The molecule has 0 atom stereocenters. The first-order chi connectivity index (χ1) is 9.22. The second-order valence-electron chi connectivity index (χ2n) is 4.03. The quantitative estimate of drug-likeness (QED) is 0.776. The highest BCUT2D eigenvalue weighted by Gasteiger charge is 2.18. The van der Waals surface area contributed by atoms with Crippen molar-refractivity contribution in [2.75, 3.05) is 13.6 Å². The van der Waals surface area contributed by atoms with Gasteiger partial charge >= 0.3 is 5.97 Å². The van der Waals surface area contributed by atoms with Gasteiger partial charge in [0, 0.05) is 25.7 Å². The molecule has 1 rings (SSSR count). The van der Waals surface area contributed by atoms with E-state index in [4.69, 9.17) is 5.11 Å². The number of rotatable bonds is 7. The van der Waals surface area contributed by atoms with Crippen LogP contribution in [0.5, 0.6) is 0 Å². The molecule has 1 aromatic rings. The van der Waals surface area contributed by atoms with Crippen molar-refractivity contribution in [2.45, 2.75) is 13.0 Å². The molecular weight excluding hydrogens is 294 g/mol. The van der Waals surface area contributed by atoms with Crippen LogP contribution >= 0.6 is 0 Å². The first-order valence-electron chi connectivity index (χ1n) is 5.59. The van der Waals surface area contributed by atoms with Crippen LogP contribution in [0.2, 0.25) is 0 Å². The summed E-state index contributed by atoms with van der Waals surface area (Å²) in [5.74, 6) is -2.55. The number of hydrogen-bond donors (Lipinski definition) is 2. The Labute approximate surface area is 115 Å². The van der Waals surface area contributed by atoms with Crippen LogP contribution in [0.15, 0.2) is 18.2 Å². The van der Waals surface area contributed by atoms with Crippen LogP contribution in [-0.2, 0) is 21.5 Å². The summed E-state index contributed by atoms with van der Waals surface area (Å²) in [6.07, 6.45) is -0.355. The SMILES string of the molecule is CN(CCC(=O)O)S(=O)(=O)NCc1cc(F)ccc1F. The van der Waals surface area contributed by atoms with Gasteiger partial charge < -0.3 is 5.11 Å². The van der Waals surface area contributed by atoms with Gasteiger partial charge in [-0.3, -0.25) is 4.79 Å². The van der Waals surface area contributed by atoms with E-state index in [0.29, 0.717) is 0 Å². The van der Waals surface area contributed by atoms with Crippen LogP contribution in [0.3, 0.4) is 0 Å². The Balaban J connectivity index is 2.67. The molecular formula is C11H14F2N2O4S. The van der Waals surface area contributed by atoms with Crippen LogP contribution in [0.25, 0.3) is 0 Å². The van der Waals surface area contributed by atoms with Gasteiger partial charge in [0.2, 0.25) is 0 Å². The van der Waals surface area contributed by atoms with Crippen molar-refractivity contribution in [2.24, 2.45) is 0 Å².